The van der Waals surface area contributed by atoms with Gasteiger partial charge in [-0.1, -0.05) is 32.4 Å². The van der Waals surface area contributed by atoms with Crippen LogP contribution in [0.1, 0.15) is 0 Å². The smallest absolute Gasteiger partial charge is 0.115 e. The minimum absolute atomic E-state index is 0.0917. The Hall–Kier alpha value is -2.22. The molecule has 2 heteroatoms. The van der Waals surface area contributed by atoms with Gasteiger partial charge in [-0.25, -0.2) is 0 Å². The normalized spacial score (nSPS) is 12.9. The second-order valence-corrected chi connectivity index (χ2v) is 2.81. The Morgan fingerprint density at radius 2 is 1.38 bits per heavy atom. The van der Waals surface area contributed by atoms with Crippen molar-refractivity contribution in [2.24, 2.45) is 0 Å². The van der Waals surface area contributed by atoms with Crippen molar-refractivity contribution in [2.45, 2.75) is 0 Å². The van der Waals surface area contributed by atoms with E-state index in [-0.39, 0.29) is 5.76 Å². The molecule has 2 N–H and O–H groups in total. The topological polar surface area (TPSA) is 32.3 Å². The van der Waals surface area contributed by atoms with Crippen LogP contribution in [-0.2, 0) is 0 Å². The highest BCUT2D eigenvalue weighted by Crippen LogP contribution is 2.00. The zero-order chi connectivity index (χ0) is 12.4. The van der Waals surface area contributed by atoms with E-state index >= 15 is 0 Å². The van der Waals surface area contributed by atoms with Crippen LogP contribution in [-0.4, -0.2) is 5.11 Å². The van der Waals surface area contributed by atoms with E-state index < -0.39 is 0 Å². The molecule has 0 aromatic heterocycles. The molecule has 0 bridgehead atoms. The maximum Gasteiger partial charge on any atom is 0.115 e. The van der Waals surface area contributed by atoms with Gasteiger partial charge in [0.15, 0.2) is 0 Å². The van der Waals surface area contributed by atoms with E-state index in [1.54, 1.807) is 30.4 Å². The monoisotopic (exact) mass is 215 g/mol. The molecule has 84 valence electrons. The van der Waals surface area contributed by atoms with Crippen LogP contribution in [0.5, 0.6) is 0 Å². The van der Waals surface area contributed by atoms with Crippen molar-refractivity contribution >= 4 is 0 Å². The molecule has 0 heterocycles. The molecule has 0 spiro atoms. The standard InChI is InChI=1S/C14H17NO/c1-5-9-12(6-2)15-13(7-3)10-11-14(16)8-4/h5-11,15-16H,1-4H2/b12-9+,13-10+,14-11+. The summed E-state index contributed by atoms with van der Waals surface area (Å²) < 4.78 is 0. The minimum atomic E-state index is 0.0917. The van der Waals surface area contributed by atoms with Crippen LogP contribution in [0.4, 0.5) is 0 Å². The summed E-state index contributed by atoms with van der Waals surface area (Å²) in [6, 6.07) is 0. The molecule has 0 atom stereocenters. The van der Waals surface area contributed by atoms with Crippen LogP contribution in [0.2, 0.25) is 0 Å². The van der Waals surface area contributed by atoms with Crippen LogP contribution in [0.25, 0.3) is 0 Å². The van der Waals surface area contributed by atoms with Gasteiger partial charge in [0.05, 0.1) is 0 Å². The Bertz CT molecular complexity index is 370. The van der Waals surface area contributed by atoms with Gasteiger partial charge < -0.3 is 10.4 Å². The first-order chi connectivity index (χ1) is 7.67. The molecule has 2 nitrogen and oxygen atoms in total. The highest BCUT2D eigenvalue weighted by Gasteiger charge is 1.92. The van der Waals surface area contributed by atoms with Crippen molar-refractivity contribution in [3.63, 3.8) is 0 Å². The predicted molar refractivity (Wildman–Crippen MR) is 70.8 cm³/mol. The van der Waals surface area contributed by atoms with Crippen LogP contribution in [0.3, 0.4) is 0 Å². The number of rotatable bonds is 7. The highest BCUT2D eigenvalue weighted by molar-refractivity contribution is 5.31. The summed E-state index contributed by atoms with van der Waals surface area (Å²) >= 11 is 0. The molecule has 0 radical (unpaired) electrons. The van der Waals surface area contributed by atoms with E-state index in [0.717, 1.165) is 11.4 Å². The first kappa shape index (κ1) is 13.8. The van der Waals surface area contributed by atoms with E-state index in [0.29, 0.717) is 0 Å². The molecule has 0 aliphatic heterocycles. The first-order valence-electron chi connectivity index (χ1n) is 4.76. The fourth-order valence-electron chi connectivity index (χ4n) is 0.858. The summed E-state index contributed by atoms with van der Waals surface area (Å²) in [4.78, 5) is 0. The molecule has 0 rings (SSSR count). The lowest BCUT2D eigenvalue weighted by atomic mass is 10.3. The summed E-state index contributed by atoms with van der Waals surface area (Å²) in [7, 11) is 0. The Morgan fingerprint density at radius 1 is 0.812 bits per heavy atom. The summed E-state index contributed by atoms with van der Waals surface area (Å²) in [5, 5.41) is 12.2. The average molecular weight is 215 g/mol. The fraction of sp³-hybridized carbons (Fsp3) is 0. The minimum Gasteiger partial charge on any atom is -0.508 e. The summed E-state index contributed by atoms with van der Waals surface area (Å²) in [5.41, 5.74) is 1.54. The number of aliphatic hydroxyl groups is 1. The van der Waals surface area contributed by atoms with E-state index in [1.165, 1.54) is 12.2 Å². The van der Waals surface area contributed by atoms with Crippen molar-refractivity contribution in [3.8, 4) is 0 Å². The van der Waals surface area contributed by atoms with Gasteiger partial charge in [-0.15, -0.1) is 0 Å². The molecule has 0 amide bonds. The molecule has 0 saturated heterocycles. The van der Waals surface area contributed by atoms with Gasteiger partial charge in [0, 0.05) is 11.4 Å². The third kappa shape index (κ3) is 5.50. The van der Waals surface area contributed by atoms with Crippen molar-refractivity contribution in [1.82, 2.24) is 5.32 Å². The van der Waals surface area contributed by atoms with Crippen molar-refractivity contribution in [3.05, 3.63) is 86.0 Å². The molecular formula is C14H17NO. The first-order valence-corrected chi connectivity index (χ1v) is 4.76. The van der Waals surface area contributed by atoms with Crippen molar-refractivity contribution in [1.29, 1.82) is 0 Å². The largest absolute Gasteiger partial charge is 0.508 e. The molecule has 0 saturated carbocycles. The van der Waals surface area contributed by atoms with Gasteiger partial charge in [-0.2, -0.15) is 0 Å². The molecular weight excluding hydrogens is 198 g/mol. The molecule has 0 aromatic rings. The number of hydrogen-bond acceptors (Lipinski definition) is 2. The van der Waals surface area contributed by atoms with Gasteiger partial charge >= 0.3 is 0 Å². The number of hydrogen-bond donors (Lipinski definition) is 2. The fourth-order valence-corrected chi connectivity index (χ4v) is 0.858. The van der Waals surface area contributed by atoms with Crippen molar-refractivity contribution < 1.29 is 5.11 Å². The van der Waals surface area contributed by atoms with Gasteiger partial charge in [0.2, 0.25) is 0 Å². The Labute approximate surface area is 97.0 Å². The lowest BCUT2D eigenvalue weighted by molar-refractivity contribution is 0.433. The van der Waals surface area contributed by atoms with Gasteiger partial charge in [-0.05, 0) is 36.5 Å². The molecule has 16 heavy (non-hydrogen) atoms. The third-order valence-electron chi connectivity index (χ3n) is 1.67. The van der Waals surface area contributed by atoms with E-state index in [2.05, 4.69) is 31.6 Å². The Balaban J connectivity index is 4.82. The lowest BCUT2D eigenvalue weighted by Gasteiger charge is -2.06. The van der Waals surface area contributed by atoms with Gasteiger partial charge in [-0.3, -0.25) is 0 Å². The van der Waals surface area contributed by atoms with Crippen molar-refractivity contribution in [2.75, 3.05) is 0 Å². The SMILES string of the molecule is C=C/C=C(\C=C)N/C(C=C)=C/C=C(/O)C=C. The number of aliphatic hydroxyl groups excluding tert-OH is 1. The highest BCUT2D eigenvalue weighted by atomic mass is 16.3. The van der Waals surface area contributed by atoms with E-state index in [9.17, 15) is 5.11 Å². The van der Waals surface area contributed by atoms with Crippen LogP contribution in [0.15, 0.2) is 86.0 Å². The number of allylic oxidation sites excluding steroid dienone is 7. The maximum atomic E-state index is 9.18. The zero-order valence-electron chi connectivity index (χ0n) is 9.32. The molecule has 0 aliphatic rings. The maximum absolute atomic E-state index is 9.18. The van der Waals surface area contributed by atoms with E-state index in [4.69, 9.17) is 0 Å². The molecule has 0 unspecified atom stereocenters. The number of nitrogens with one attached hydrogen (secondary N) is 1. The summed E-state index contributed by atoms with van der Waals surface area (Å²) in [6.45, 7) is 14.3. The van der Waals surface area contributed by atoms with Crippen LogP contribution in [0, 0.1) is 0 Å². The predicted octanol–water partition coefficient (Wildman–Crippen LogP) is 3.53. The molecule has 0 aliphatic carbocycles. The second kappa shape index (κ2) is 8.12. The van der Waals surface area contributed by atoms with Crippen LogP contribution >= 0.6 is 0 Å². The quantitative estimate of drug-likeness (QED) is 0.503. The Kier molecular flexibility index (Phi) is 6.99. The lowest BCUT2D eigenvalue weighted by Crippen LogP contribution is -2.08. The third-order valence-corrected chi connectivity index (χ3v) is 1.67. The average Bonchev–Trinajstić information content (AvgIpc) is 2.32. The van der Waals surface area contributed by atoms with Crippen LogP contribution < -0.4 is 5.32 Å². The molecule has 0 fully saturated rings. The van der Waals surface area contributed by atoms with Gasteiger partial charge in [0.1, 0.15) is 5.76 Å². The van der Waals surface area contributed by atoms with Gasteiger partial charge in [0.25, 0.3) is 0 Å². The molecule has 0 aromatic carbocycles. The van der Waals surface area contributed by atoms with E-state index in [1.807, 2.05) is 0 Å². The Morgan fingerprint density at radius 3 is 1.81 bits per heavy atom. The summed E-state index contributed by atoms with van der Waals surface area (Å²) in [6.07, 6.45) is 11.3. The second-order valence-electron chi connectivity index (χ2n) is 2.81. The summed E-state index contributed by atoms with van der Waals surface area (Å²) in [5.74, 6) is 0.0917. The zero-order valence-corrected chi connectivity index (χ0v) is 9.32.